The summed E-state index contributed by atoms with van der Waals surface area (Å²) in [5, 5.41) is 25.5. The predicted molar refractivity (Wildman–Crippen MR) is 100 cm³/mol. The van der Waals surface area contributed by atoms with Crippen LogP contribution in [0.1, 0.15) is 39.5 Å². The number of aliphatic hydroxyl groups is 1. The third-order valence-corrected chi connectivity index (χ3v) is 6.49. The summed E-state index contributed by atoms with van der Waals surface area (Å²) in [4.78, 5) is 35.7. The van der Waals surface area contributed by atoms with Gasteiger partial charge in [0.2, 0.25) is 12.3 Å². The summed E-state index contributed by atoms with van der Waals surface area (Å²) in [6.07, 6.45) is 3.67. The number of β-lactam (4-membered cyclic amide) rings is 1. The molecule has 28 heavy (non-hydrogen) atoms. The Labute approximate surface area is 192 Å². The maximum absolute atomic E-state index is 11.6. The number of nitrogens with one attached hydrogen (secondary N) is 2. The Morgan fingerprint density at radius 1 is 1.46 bits per heavy atom. The molecule has 2 amide bonds. The molecule has 0 saturated carbocycles. The van der Waals surface area contributed by atoms with Crippen LogP contribution in [0, 0.1) is 5.92 Å². The molecule has 0 bridgehead atoms. The van der Waals surface area contributed by atoms with Crippen molar-refractivity contribution in [2.24, 2.45) is 5.92 Å². The molecule has 152 valence electrons. The summed E-state index contributed by atoms with van der Waals surface area (Å²) in [5.41, 5.74) is 0.0827. The normalized spacial score (nSPS) is 26.5. The maximum Gasteiger partial charge on any atom is 1.00 e. The standard InChI is InChI=1S/C16H23N3O4S.C2H6O.Na/c1-2-9(6-17-8-20)12-5-11(7-18-12)24-13-3-10-4-14(21)19(10)15(13)16(22)23;1-2-3;/h8-12,18H,2-7H2,1H3,(H,17,20)(H,22,23);3H,2H2,1H3;/q;;+1/p-1. The average Bonchev–Trinajstić information content (AvgIpc) is 3.19. The smallest absolute Gasteiger partial charge is 0.543 e. The molecule has 0 aromatic carbocycles. The Bertz CT molecular complexity index is 604. The van der Waals surface area contributed by atoms with Crippen molar-refractivity contribution in [3.8, 4) is 0 Å². The number of nitrogens with zero attached hydrogens (tertiary/aromatic N) is 1. The molecule has 2 saturated heterocycles. The van der Waals surface area contributed by atoms with Gasteiger partial charge >= 0.3 is 29.6 Å². The Balaban J connectivity index is 0.000000921. The van der Waals surface area contributed by atoms with Crippen LogP contribution in [-0.4, -0.2) is 65.3 Å². The number of hydrogen-bond donors (Lipinski definition) is 3. The van der Waals surface area contributed by atoms with Gasteiger partial charge in [-0.3, -0.25) is 9.59 Å². The maximum atomic E-state index is 11.6. The van der Waals surface area contributed by atoms with Crippen molar-refractivity contribution < 1.29 is 54.2 Å². The van der Waals surface area contributed by atoms with Gasteiger partial charge in [0.05, 0.1) is 17.7 Å². The second-order valence-electron chi connectivity index (χ2n) is 6.89. The fourth-order valence-electron chi connectivity index (χ4n) is 3.87. The summed E-state index contributed by atoms with van der Waals surface area (Å²) in [6.45, 7) is 5.48. The summed E-state index contributed by atoms with van der Waals surface area (Å²) >= 11 is 1.57. The number of carboxylic acids is 1. The second kappa shape index (κ2) is 12.2. The van der Waals surface area contributed by atoms with E-state index >= 15 is 0 Å². The molecular weight excluding hydrogens is 393 g/mol. The molecule has 3 heterocycles. The fourth-order valence-corrected chi connectivity index (χ4v) is 5.34. The first kappa shape index (κ1) is 25.5. The van der Waals surface area contributed by atoms with Crippen molar-refractivity contribution in [1.29, 1.82) is 0 Å². The van der Waals surface area contributed by atoms with Crippen molar-refractivity contribution in [2.45, 2.75) is 56.9 Å². The largest absolute Gasteiger partial charge is 1.00 e. The number of fused-ring (bicyclic) bond motifs is 1. The number of aliphatic carboxylic acids is 1. The van der Waals surface area contributed by atoms with Gasteiger partial charge in [-0.25, -0.2) is 0 Å². The molecule has 3 rings (SSSR count). The summed E-state index contributed by atoms with van der Waals surface area (Å²) < 4.78 is 0. The van der Waals surface area contributed by atoms with Crippen molar-refractivity contribution in [2.75, 3.05) is 19.7 Å². The topological polar surface area (TPSA) is 122 Å². The monoisotopic (exact) mass is 421 g/mol. The molecule has 0 aromatic rings. The van der Waals surface area contributed by atoms with Crippen LogP contribution < -0.4 is 45.3 Å². The average molecular weight is 421 g/mol. The molecule has 0 aliphatic carbocycles. The third-order valence-electron chi connectivity index (χ3n) is 5.15. The molecule has 4 atom stereocenters. The first-order valence-corrected chi connectivity index (χ1v) is 10.3. The number of carboxylic acid groups (broad SMARTS) is 1. The van der Waals surface area contributed by atoms with Crippen LogP contribution in [0.3, 0.4) is 0 Å². The van der Waals surface area contributed by atoms with Crippen LogP contribution >= 0.6 is 11.8 Å². The van der Waals surface area contributed by atoms with E-state index < -0.39 is 5.97 Å². The molecular formula is C18H28N3NaO5S. The minimum absolute atomic E-state index is 0. The number of carbonyl (C=O) groups excluding carboxylic acids is 3. The zero-order chi connectivity index (χ0) is 20.0. The quantitative estimate of drug-likeness (QED) is 0.209. The first-order valence-electron chi connectivity index (χ1n) is 9.41. The van der Waals surface area contributed by atoms with E-state index in [2.05, 4.69) is 17.6 Å². The van der Waals surface area contributed by atoms with Crippen LogP contribution in [0.4, 0.5) is 0 Å². The number of carbonyl (C=O) groups is 3. The second-order valence-corrected chi connectivity index (χ2v) is 8.28. The number of amides is 2. The van der Waals surface area contributed by atoms with Crippen LogP contribution in [0.25, 0.3) is 0 Å². The molecule has 2 fully saturated rings. The number of thioether (sulfide) groups is 1. The molecule has 0 spiro atoms. The van der Waals surface area contributed by atoms with Gasteiger partial charge in [-0.1, -0.05) is 13.3 Å². The summed E-state index contributed by atoms with van der Waals surface area (Å²) in [6, 6.07) is 0.324. The Morgan fingerprint density at radius 2 is 2.14 bits per heavy atom. The van der Waals surface area contributed by atoms with Crippen LogP contribution in [0.5, 0.6) is 0 Å². The number of hydrogen-bond acceptors (Lipinski definition) is 7. The van der Waals surface area contributed by atoms with E-state index in [0.29, 0.717) is 31.3 Å². The molecule has 0 radical (unpaired) electrons. The van der Waals surface area contributed by atoms with E-state index in [1.165, 1.54) is 4.90 Å². The van der Waals surface area contributed by atoms with Crippen molar-refractivity contribution >= 4 is 30.0 Å². The molecule has 8 nitrogen and oxygen atoms in total. The SMILES string of the molecule is CCC(CNC=O)C1CC(SC2=C(C(=O)[O-])N3C(=O)CC3C2)CN1.CCO.[Na+]. The first-order chi connectivity index (χ1) is 13.0. The zero-order valence-corrected chi connectivity index (χ0v) is 19.6. The van der Waals surface area contributed by atoms with Gasteiger partial charge in [0.1, 0.15) is 0 Å². The zero-order valence-electron chi connectivity index (χ0n) is 16.8. The Kier molecular flexibility index (Phi) is 11.1. The van der Waals surface area contributed by atoms with E-state index in [1.807, 2.05) is 0 Å². The van der Waals surface area contributed by atoms with E-state index in [0.717, 1.165) is 30.7 Å². The Morgan fingerprint density at radius 3 is 2.68 bits per heavy atom. The minimum Gasteiger partial charge on any atom is -0.543 e. The van der Waals surface area contributed by atoms with E-state index in [9.17, 15) is 19.5 Å². The molecule has 3 N–H and O–H groups in total. The van der Waals surface area contributed by atoms with Gasteiger partial charge < -0.3 is 30.5 Å². The summed E-state index contributed by atoms with van der Waals surface area (Å²) in [5.74, 6) is -1.01. The Hall–Kier alpha value is -0.580. The predicted octanol–water partition coefficient (Wildman–Crippen LogP) is -3.81. The van der Waals surface area contributed by atoms with Gasteiger partial charge in [-0.05, 0) is 19.3 Å². The molecule has 3 aliphatic heterocycles. The van der Waals surface area contributed by atoms with Crippen LogP contribution in [-0.2, 0) is 14.4 Å². The van der Waals surface area contributed by atoms with Crippen LogP contribution in [0.2, 0.25) is 0 Å². The van der Waals surface area contributed by atoms with Gasteiger partial charge in [0, 0.05) is 48.7 Å². The minimum atomic E-state index is -1.25. The third kappa shape index (κ3) is 5.96. The van der Waals surface area contributed by atoms with Crippen molar-refractivity contribution in [3.63, 3.8) is 0 Å². The molecule has 10 heteroatoms. The number of aliphatic hydroxyl groups excluding tert-OH is 1. The molecule has 0 aromatic heterocycles. The summed E-state index contributed by atoms with van der Waals surface area (Å²) in [7, 11) is 0. The van der Waals surface area contributed by atoms with Crippen molar-refractivity contribution in [1.82, 2.24) is 15.5 Å². The van der Waals surface area contributed by atoms with E-state index in [-0.39, 0.29) is 59.1 Å². The van der Waals surface area contributed by atoms with Gasteiger partial charge in [-0.15, -0.1) is 11.8 Å². The molecule has 4 unspecified atom stereocenters. The molecule has 3 aliphatic rings. The van der Waals surface area contributed by atoms with Gasteiger partial charge in [-0.2, -0.15) is 0 Å². The van der Waals surface area contributed by atoms with Crippen LogP contribution in [0.15, 0.2) is 10.6 Å². The van der Waals surface area contributed by atoms with Gasteiger partial charge in [0.25, 0.3) is 0 Å². The van der Waals surface area contributed by atoms with E-state index in [4.69, 9.17) is 5.11 Å². The van der Waals surface area contributed by atoms with Gasteiger partial charge in [0.15, 0.2) is 0 Å². The van der Waals surface area contributed by atoms with E-state index in [1.54, 1.807) is 18.7 Å². The van der Waals surface area contributed by atoms with Crippen molar-refractivity contribution in [3.05, 3.63) is 10.6 Å². The fraction of sp³-hybridized carbons (Fsp3) is 0.722. The number of rotatable bonds is 8.